The van der Waals surface area contributed by atoms with Crippen LogP contribution in [0.3, 0.4) is 0 Å². The quantitative estimate of drug-likeness (QED) is 0.923. The normalized spacial score (nSPS) is 10.3. The number of hydrogen-bond donors (Lipinski definition) is 1. The number of carbonyl (C=O) groups is 1. The highest BCUT2D eigenvalue weighted by Crippen LogP contribution is 2.25. The summed E-state index contributed by atoms with van der Waals surface area (Å²) in [5.74, 6) is -2.10. The van der Waals surface area contributed by atoms with Crippen molar-refractivity contribution in [1.82, 2.24) is 0 Å². The van der Waals surface area contributed by atoms with E-state index in [9.17, 15) is 9.18 Å². The molecule has 6 heteroatoms. The van der Waals surface area contributed by atoms with Crippen LogP contribution in [0.4, 0.5) is 4.39 Å². The fourth-order valence-electron chi connectivity index (χ4n) is 1.41. The van der Waals surface area contributed by atoms with Crippen LogP contribution >= 0.6 is 27.3 Å². The minimum absolute atomic E-state index is 0.0343. The van der Waals surface area contributed by atoms with Crippen LogP contribution in [-0.2, 0) is 6.61 Å². The smallest absolute Gasteiger partial charge is 0.342 e. The first-order valence-electron chi connectivity index (χ1n) is 4.95. The van der Waals surface area contributed by atoms with Gasteiger partial charge in [-0.15, -0.1) is 11.3 Å². The van der Waals surface area contributed by atoms with E-state index >= 15 is 0 Å². The van der Waals surface area contributed by atoms with Gasteiger partial charge < -0.3 is 9.84 Å². The molecule has 0 aliphatic heterocycles. The fraction of sp³-hybridized carbons (Fsp3) is 0.0833. The van der Waals surface area contributed by atoms with Crippen molar-refractivity contribution in [3.05, 3.63) is 50.4 Å². The number of hydrogen-bond acceptors (Lipinski definition) is 3. The SMILES string of the molecule is O=C(O)c1c(F)cccc1OCc1cc(Br)cs1. The van der Waals surface area contributed by atoms with Crippen LogP contribution in [0, 0.1) is 5.82 Å². The molecule has 1 aromatic heterocycles. The molecule has 3 nitrogen and oxygen atoms in total. The van der Waals surface area contributed by atoms with E-state index in [1.165, 1.54) is 23.5 Å². The first kappa shape index (κ1) is 13.0. The summed E-state index contributed by atoms with van der Waals surface area (Å²) in [4.78, 5) is 11.9. The van der Waals surface area contributed by atoms with Gasteiger partial charge in [0.1, 0.15) is 23.7 Å². The molecular weight excluding hydrogens is 323 g/mol. The predicted octanol–water partition coefficient (Wildman–Crippen LogP) is 3.93. The van der Waals surface area contributed by atoms with Crippen LogP contribution in [0.15, 0.2) is 34.1 Å². The van der Waals surface area contributed by atoms with Crippen molar-refractivity contribution in [3.63, 3.8) is 0 Å². The van der Waals surface area contributed by atoms with Crippen LogP contribution in [-0.4, -0.2) is 11.1 Å². The molecule has 0 amide bonds. The van der Waals surface area contributed by atoms with Crippen molar-refractivity contribution in [1.29, 1.82) is 0 Å². The summed E-state index contributed by atoms with van der Waals surface area (Å²) < 4.78 is 19.6. The van der Waals surface area contributed by atoms with Crippen LogP contribution in [0.5, 0.6) is 5.75 Å². The zero-order chi connectivity index (χ0) is 13.1. The third-order valence-corrected chi connectivity index (χ3v) is 3.85. The lowest BCUT2D eigenvalue weighted by Gasteiger charge is -2.08. The largest absolute Gasteiger partial charge is 0.487 e. The highest BCUT2D eigenvalue weighted by Gasteiger charge is 2.16. The number of carboxylic acid groups (broad SMARTS) is 1. The van der Waals surface area contributed by atoms with Crippen LogP contribution in [0.2, 0.25) is 0 Å². The maximum absolute atomic E-state index is 13.4. The monoisotopic (exact) mass is 330 g/mol. The molecule has 0 fully saturated rings. The highest BCUT2D eigenvalue weighted by atomic mass is 79.9. The molecule has 0 aliphatic rings. The fourth-order valence-corrected chi connectivity index (χ4v) is 2.77. The van der Waals surface area contributed by atoms with Crippen molar-refractivity contribution in [2.24, 2.45) is 0 Å². The molecule has 0 unspecified atom stereocenters. The van der Waals surface area contributed by atoms with Gasteiger partial charge in [-0.05, 0) is 34.1 Å². The lowest BCUT2D eigenvalue weighted by molar-refractivity contribution is 0.0686. The predicted molar refractivity (Wildman–Crippen MR) is 69.7 cm³/mol. The Morgan fingerprint density at radius 3 is 2.89 bits per heavy atom. The van der Waals surface area contributed by atoms with E-state index in [0.717, 1.165) is 15.4 Å². The van der Waals surface area contributed by atoms with Crippen LogP contribution in [0.25, 0.3) is 0 Å². The molecule has 1 aromatic carbocycles. The van der Waals surface area contributed by atoms with Gasteiger partial charge >= 0.3 is 5.97 Å². The molecule has 0 saturated heterocycles. The molecule has 0 radical (unpaired) electrons. The average Bonchev–Trinajstić information content (AvgIpc) is 2.72. The summed E-state index contributed by atoms with van der Waals surface area (Å²) in [6.45, 7) is 0.208. The van der Waals surface area contributed by atoms with Gasteiger partial charge in [0.15, 0.2) is 0 Å². The lowest BCUT2D eigenvalue weighted by atomic mass is 10.2. The number of thiophene rings is 1. The van der Waals surface area contributed by atoms with E-state index < -0.39 is 17.3 Å². The van der Waals surface area contributed by atoms with E-state index in [-0.39, 0.29) is 12.4 Å². The Morgan fingerprint density at radius 1 is 1.50 bits per heavy atom. The first-order chi connectivity index (χ1) is 8.58. The molecule has 1 N–H and O–H groups in total. The molecular formula is C12H8BrFO3S. The van der Waals surface area contributed by atoms with Gasteiger partial charge in [0.2, 0.25) is 0 Å². The summed E-state index contributed by atoms with van der Waals surface area (Å²) in [6, 6.07) is 5.82. The Morgan fingerprint density at radius 2 is 2.28 bits per heavy atom. The van der Waals surface area contributed by atoms with Gasteiger partial charge in [-0.3, -0.25) is 0 Å². The maximum atomic E-state index is 13.4. The maximum Gasteiger partial charge on any atom is 0.342 e. The van der Waals surface area contributed by atoms with E-state index in [0.29, 0.717) is 0 Å². The Balaban J connectivity index is 2.19. The summed E-state index contributed by atoms with van der Waals surface area (Å²) in [6.07, 6.45) is 0. The third-order valence-electron chi connectivity index (χ3n) is 2.18. The molecule has 0 atom stereocenters. The molecule has 0 spiro atoms. The highest BCUT2D eigenvalue weighted by molar-refractivity contribution is 9.10. The molecule has 0 aliphatic carbocycles. The number of aromatic carboxylic acids is 1. The molecule has 0 saturated carbocycles. The van der Waals surface area contributed by atoms with E-state index in [1.807, 2.05) is 11.4 Å². The number of halogens is 2. The van der Waals surface area contributed by atoms with Crippen LogP contribution in [0.1, 0.15) is 15.2 Å². The van der Waals surface area contributed by atoms with E-state index in [2.05, 4.69) is 15.9 Å². The van der Waals surface area contributed by atoms with Crippen molar-refractivity contribution < 1.29 is 19.0 Å². The molecule has 0 bridgehead atoms. The van der Waals surface area contributed by atoms with Crippen LogP contribution < -0.4 is 4.74 Å². The van der Waals surface area contributed by atoms with Gasteiger partial charge in [0.25, 0.3) is 0 Å². The van der Waals surface area contributed by atoms with E-state index in [4.69, 9.17) is 9.84 Å². The summed E-state index contributed by atoms with van der Waals surface area (Å²) >= 11 is 4.78. The Kier molecular flexibility index (Phi) is 3.98. The second-order valence-electron chi connectivity index (χ2n) is 3.44. The molecule has 18 heavy (non-hydrogen) atoms. The Bertz CT molecular complexity index is 582. The first-order valence-corrected chi connectivity index (χ1v) is 6.62. The minimum Gasteiger partial charge on any atom is -0.487 e. The van der Waals surface area contributed by atoms with Crippen molar-refractivity contribution in [2.75, 3.05) is 0 Å². The van der Waals surface area contributed by atoms with Crippen molar-refractivity contribution in [2.45, 2.75) is 6.61 Å². The van der Waals surface area contributed by atoms with Crippen molar-refractivity contribution >= 4 is 33.2 Å². The molecule has 94 valence electrons. The number of carboxylic acids is 1. The zero-order valence-corrected chi connectivity index (χ0v) is 11.4. The summed E-state index contributed by atoms with van der Waals surface area (Å²) in [5, 5.41) is 10.8. The minimum atomic E-state index is -1.34. The van der Waals surface area contributed by atoms with Gasteiger partial charge in [0.05, 0.1) is 0 Å². The van der Waals surface area contributed by atoms with Gasteiger partial charge in [-0.2, -0.15) is 0 Å². The molecule has 1 heterocycles. The molecule has 2 rings (SSSR count). The standard InChI is InChI=1S/C12H8BrFO3S/c13-7-4-8(18-6-7)5-17-10-3-1-2-9(14)11(10)12(15)16/h1-4,6H,5H2,(H,15,16). The van der Waals surface area contributed by atoms with Crippen molar-refractivity contribution in [3.8, 4) is 5.75 Å². The number of rotatable bonds is 4. The summed E-state index contributed by atoms with van der Waals surface area (Å²) in [7, 11) is 0. The summed E-state index contributed by atoms with van der Waals surface area (Å²) in [5.41, 5.74) is -0.437. The molecule has 2 aromatic rings. The van der Waals surface area contributed by atoms with Gasteiger partial charge in [-0.25, -0.2) is 9.18 Å². The lowest BCUT2D eigenvalue weighted by Crippen LogP contribution is -2.05. The second-order valence-corrected chi connectivity index (χ2v) is 5.35. The average molecular weight is 331 g/mol. The topological polar surface area (TPSA) is 46.5 Å². The van der Waals surface area contributed by atoms with Gasteiger partial charge in [0, 0.05) is 14.7 Å². The Labute approximate surface area is 115 Å². The van der Waals surface area contributed by atoms with E-state index in [1.54, 1.807) is 0 Å². The zero-order valence-electron chi connectivity index (χ0n) is 9.02. The Hall–Kier alpha value is -1.40. The third kappa shape index (κ3) is 2.88. The number of benzene rings is 1. The second kappa shape index (κ2) is 5.49. The number of ether oxygens (including phenoxy) is 1. The van der Waals surface area contributed by atoms with Gasteiger partial charge in [-0.1, -0.05) is 6.07 Å².